The van der Waals surface area contributed by atoms with Crippen LogP contribution in [-0.2, 0) is 4.74 Å². The molecular weight excluding hydrogens is 242 g/mol. The lowest BCUT2D eigenvalue weighted by atomic mass is 10.1. The molecule has 19 heavy (non-hydrogen) atoms. The Kier molecular flexibility index (Phi) is 4.96. The summed E-state index contributed by atoms with van der Waals surface area (Å²) in [5.41, 5.74) is 0. The summed E-state index contributed by atoms with van der Waals surface area (Å²) < 4.78 is 11.4. The zero-order valence-electron chi connectivity index (χ0n) is 12.0. The normalized spacial score (nSPS) is 19.5. The van der Waals surface area contributed by atoms with Crippen LogP contribution in [0.4, 0.5) is 5.82 Å². The molecule has 1 aromatic rings. The first-order valence-corrected chi connectivity index (χ1v) is 7.00. The fraction of sp³-hybridized carbons (Fsp3) is 0.714. The molecule has 5 heteroatoms. The van der Waals surface area contributed by atoms with Crippen LogP contribution in [0.25, 0.3) is 0 Å². The largest absolute Gasteiger partial charge is 0.475 e. The van der Waals surface area contributed by atoms with E-state index in [1.807, 2.05) is 13.1 Å². The number of aromatic nitrogens is 2. The Bertz CT molecular complexity index is 404. The van der Waals surface area contributed by atoms with Gasteiger partial charge in [-0.25, -0.2) is 4.98 Å². The monoisotopic (exact) mass is 265 g/mol. The highest BCUT2D eigenvalue weighted by molar-refractivity contribution is 5.38. The molecule has 1 saturated heterocycles. The van der Waals surface area contributed by atoms with Crippen molar-refractivity contribution < 1.29 is 9.47 Å². The van der Waals surface area contributed by atoms with Gasteiger partial charge in [-0.05, 0) is 19.3 Å². The Hall–Kier alpha value is -1.36. The van der Waals surface area contributed by atoms with E-state index in [-0.39, 0.29) is 12.0 Å². The summed E-state index contributed by atoms with van der Waals surface area (Å²) in [6, 6.07) is 1.83. The van der Waals surface area contributed by atoms with E-state index in [0.29, 0.717) is 12.5 Å². The first kappa shape index (κ1) is 14.1. The zero-order valence-corrected chi connectivity index (χ0v) is 12.0. The Morgan fingerprint density at radius 3 is 2.89 bits per heavy atom. The van der Waals surface area contributed by atoms with Crippen molar-refractivity contribution in [2.45, 2.75) is 45.1 Å². The second-order valence-corrected chi connectivity index (χ2v) is 5.15. The minimum Gasteiger partial charge on any atom is -0.475 e. The second-order valence-electron chi connectivity index (χ2n) is 5.15. The van der Waals surface area contributed by atoms with Gasteiger partial charge in [0.25, 0.3) is 0 Å². The van der Waals surface area contributed by atoms with Gasteiger partial charge < -0.3 is 14.8 Å². The third-order valence-corrected chi connectivity index (χ3v) is 3.18. The lowest BCUT2D eigenvalue weighted by Crippen LogP contribution is -2.26. The van der Waals surface area contributed by atoms with Gasteiger partial charge >= 0.3 is 0 Å². The van der Waals surface area contributed by atoms with Crippen LogP contribution in [0.1, 0.15) is 44.9 Å². The molecule has 0 radical (unpaired) electrons. The van der Waals surface area contributed by atoms with Crippen LogP contribution in [0.3, 0.4) is 0 Å². The molecule has 1 fully saturated rings. The molecule has 0 saturated carbocycles. The van der Waals surface area contributed by atoms with Gasteiger partial charge in [-0.1, -0.05) is 13.8 Å². The molecular formula is C14H23N3O2. The third-order valence-electron chi connectivity index (χ3n) is 3.18. The van der Waals surface area contributed by atoms with Gasteiger partial charge in [0, 0.05) is 25.6 Å². The highest BCUT2D eigenvalue weighted by Gasteiger charge is 2.15. The first-order valence-electron chi connectivity index (χ1n) is 7.00. The van der Waals surface area contributed by atoms with Crippen molar-refractivity contribution in [3.63, 3.8) is 0 Å². The summed E-state index contributed by atoms with van der Waals surface area (Å²) >= 11 is 0. The molecule has 106 valence electrons. The van der Waals surface area contributed by atoms with Crippen molar-refractivity contribution in [1.29, 1.82) is 0 Å². The van der Waals surface area contributed by atoms with Crippen molar-refractivity contribution in [1.82, 2.24) is 9.97 Å². The van der Waals surface area contributed by atoms with E-state index >= 15 is 0 Å². The van der Waals surface area contributed by atoms with Crippen molar-refractivity contribution in [3.8, 4) is 5.88 Å². The third kappa shape index (κ3) is 4.06. The zero-order chi connectivity index (χ0) is 13.7. The van der Waals surface area contributed by atoms with E-state index < -0.39 is 0 Å². The summed E-state index contributed by atoms with van der Waals surface area (Å²) in [5, 5.41) is 3.04. The summed E-state index contributed by atoms with van der Waals surface area (Å²) in [7, 11) is 1.85. The summed E-state index contributed by atoms with van der Waals surface area (Å²) in [6.45, 7) is 5.56. The molecule has 1 aliphatic heterocycles. The van der Waals surface area contributed by atoms with Crippen LogP contribution in [0.15, 0.2) is 6.07 Å². The summed E-state index contributed by atoms with van der Waals surface area (Å²) in [4.78, 5) is 8.85. The molecule has 1 N–H and O–H groups in total. The van der Waals surface area contributed by atoms with Crippen LogP contribution in [0.5, 0.6) is 5.88 Å². The van der Waals surface area contributed by atoms with Crippen LogP contribution in [0, 0.1) is 0 Å². The average Bonchev–Trinajstić information content (AvgIpc) is 2.45. The lowest BCUT2D eigenvalue weighted by molar-refractivity contribution is -0.0120. The van der Waals surface area contributed by atoms with Gasteiger partial charge in [0.1, 0.15) is 18.2 Å². The lowest BCUT2D eigenvalue weighted by Gasteiger charge is -2.22. The molecule has 1 unspecified atom stereocenters. The molecule has 1 atom stereocenters. The number of nitrogens with one attached hydrogen (secondary N) is 1. The quantitative estimate of drug-likeness (QED) is 0.886. The first-order chi connectivity index (χ1) is 9.19. The van der Waals surface area contributed by atoms with E-state index in [2.05, 4.69) is 29.1 Å². The molecule has 0 aromatic carbocycles. The van der Waals surface area contributed by atoms with E-state index in [4.69, 9.17) is 9.47 Å². The molecule has 1 aromatic heterocycles. The second kappa shape index (κ2) is 6.70. The molecule has 1 aliphatic rings. The van der Waals surface area contributed by atoms with Crippen LogP contribution >= 0.6 is 0 Å². The highest BCUT2D eigenvalue weighted by atomic mass is 16.5. The van der Waals surface area contributed by atoms with Gasteiger partial charge in [-0.15, -0.1) is 0 Å². The fourth-order valence-electron chi connectivity index (χ4n) is 2.02. The minimum absolute atomic E-state index is 0.198. The van der Waals surface area contributed by atoms with Gasteiger partial charge in [-0.3, -0.25) is 0 Å². The SMILES string of the molecule is CNc1cc(OCC2CCCCO2)nc(C(C)C)n1. The maximum Gasteiger partial charge on any atom is 0.218 e. The number of nitrogens with zero attached hydrogens (tertiary/aromatic N) is 2. The number of hydrogen-bond acceptors (Lipinski definition) is 5. The van der Waals surface area contributed by atoms with Crippen molar-refractivity contribution >= 4 is 5.82 Å². The topological polar surface area (TPSA) is 56.3 Å². The van der Waals surface area contributed by atoms with E-state index in [1.54, 1.807) is 0 Å². The Labute approximate surface area is 114 Å². The molecule has 5 nitrogen and oxygen atoms in total. The highest BCUT2D eigenvalue weighted by Crippen LogP contribution is 2.19. The average molecular weight is 265 g/mol. The Balaban J connectivity index is 2.00. The predicted octanol–water partition coefficient (Wildman–Crippen LogP) is 2.59. The van der Waals surface area contributed by atoms with Crippen molar-refractivity contribution in [3.05, 3.63) is 11.9 Å². The van der Waals surface area contributed by atoms with E-state index in [1.165, 1.54) is 6.42 Å². The molecule has 0 spiro atoms. The van der Waals surface area contributed by atoms with Crippen LogP contribution in [-0.4, -0.2) is 36.3 Å². The molecule has 0 aliphatic carbocycles. The van der Waals surface area contributed by atoms with Gasteiger partial charge in [0.05, 0.1) is 6.10 Å². The van der Waals surface area contributed by atoms with Crippen LogP contribution in [0.2, 0.25) is 0 Å². The smallest absolute Gasteiger partial charge is 0.218 e. The Morgan fingerprint density at radius 1 is 1.42 bits per heavy atom. The fourth-order valence-corrected chi connectivity index (χ4v) is 2.02. The van der Waals surface area contributed by atoms with Gasteiger partial charge in [-0.2, -0.15) is 4.98 Å². The molecule has 0 amide bonds. The van der Waals surface area contributed by atoms with Gasteiger partial charge in [0.2, 0.25) is 5.88 Å². The minimum atomic E-state index is 0.198. The number of ether oxygens (including phenoxy) is 2. The predicted molar refractivity (Wildman–Crippen MR) is 74.8 cm³/mol. The summed E-state index contributed by atoms with van der Waals surface area (Å²) in [6.07, 6.45) is 3.65. The number of anilines is 1. The standard InChI is InChI=1S/C14H23N3O2/c1-10(2)14-16-12(15-3)8-13(17-14)19-9-11-6-4-5-7-18-11/h8,10-11H,4-7,9H2,1-3H3,(H,15,16,17). The van der Waals surface area contributed by atoms with Crippen molar-refractivity contribution in [2.75, 3.05) is 25.6 Å². The number of rotatable bonds is 5. The van der Waals surface area contributed by atoms with E-state index in [0.717, 1.165) is 31.1 Å². The van der Waals surface area contributed by atoms with Crippen molar-refractivity contribution in [2.24, 2.45) is 0 Å². The van der Waals surface area contributed by atoms with E-state index in [9.17, 15) is 0 Å². The number of hydrogen-bond donors (Lipinski definition) is 1. The summed E-state index contributed by atoms with van der Waals surface area (Å²) in [5.74, 6) is 2.49. The molecule has 0 bridgehead atoms. The molecule has 2 heterocycles. The van der Waals surface area contributed by atoms with Crippen LogP contribution < -0.4 is 10.1 Å². The van der Waals surface area contributed by atoms with Gasteiger partial charge in [0.15, 0.2) is 0 Å². The Morgan fingerprint density at radius 2 is 2.26 bits per heavy atom. The molecule has 2 rings (SSSR count). The maximum atomic E-state index is 5.76. The maximum absolute atomic E-state index is 5.76.